The molecule has 1 aliphatic heterocycles. The lowest BCUT2D eigenvalue weighted by atomic mass is 10.1. The lowest BCUT2D eigenvalue weighted by molar-refractivity contribution is 0.489. The van der Waals surface area contributed by atoms with Crippen molar-refractivity contribution in [2.45, 2.75) is 19.0 Å². The molecule has 2 rings (SSSR count). The molecule has 0 aliphatic carbocycles. The summed E-state index contributed by atoms with van der Waals surface area (Å²) in [5.74, 6) is 0.851. The van der Waals surface area contributed by atoms with Crippen LogP contribution < -0.4 is 5.32 Å². The van der Waals surface area contributed by atoms with Crippen molar-refractivity contribution in [1.29, 1.82) is 0 Å². The minimum Gasteiger partial charge on any atom is -0.306 e. The topological polar surface area (TPSA) is 29.1 Å². The van der Waals surface area contributed by atoms with E-state index in [1.54, 1.807) is 6.07 Å². The Morgan fingerprint density at radius 1 is 1.50 bits per heavy atom. The number of nitrogens with one attached hydrogen (secondary N) is 1. The van der Waals surface area contributed by atoms with E-state index < -0.39 is 10.8 Å². The van der Waals surface area contributed by atoms with Gasteiger partial charge in [-0.2, -0.15) is 0 Å². The maximum atomic E-state index is 12.9. The maximum Gasteiger partial charge on any atom is 0.124 e. The molecule has 0 aromatic heterocycles. The van der Waals surface area contributed by atoms with Gasteiger partial charge in [0.1, 0.15) is 5.82 Å². The Labute approximate surface area is 102 Å². The van der Waals surface area contributed by atoms with Gasteiger partial charge >= 0.3 is 0 Å². The third-order valence-electron chi connectivity index (χ3n) is 2.61. The zero-order chi connectivity index (χ0) is 11.7. The van der Waals surface area contributed by atoms with Crippen LogP contribution in [-0.4, -0.2) is 21.8 Å². The molecule has 16 heavy (non-hydrogen) atoms. The molecule has 0 radical (unpaired) electrons. The van der Waals surface area contributed by atoms with Gasteiger partial charge < -0.3 is 5.32 Å². The first-order valence-corrected chi connectivity index (χ1v) is 6.99. The molecular weight excluding hydrogens is 249 g/mol. The number of hydrogen-bond acceptors (Lipinski definition) is 2. The highest BCUT2D eigenvalue weighted by molar-refractivity contribution is 7.85. The van der Waals surface area contributed by atoms with Crippen LogP contribution >= 0.6 is 11.6 Å². The van der Waals surface area contributed by atoms with Crippen LogP contribution in [-0.2, 0) is 10.8 Å². The Hall–Kier alpha value is -0.450. The Morgan fingerprint density at radius 3 is 2.88 bits per heavy atom. The van der Waals surface area contributed by atoms with Gasteiger partial charge in [0.15, 0.2) is 0 Å². The van der Waals surface area contributed by atoms with Crippen molar-refractivity contribution in [3.05, 3.63) is 34.6 Å². The summed E-state index contributed by atoms with van der Waals surface area (Å²) in [6.07, 6.45) is 0. The first-order valence-electron chi connectivity index (χ1n) is 5.12. The lowest BCUT2D eigenvalue weighted by Gasteiger charge is -2.29. The predicted molar refractivity (Wildman–Crippen MR) is 64.6 cm³/mol. The van der Waals surface area contributed by atoms with E-state index in [9.17, 15) is 8.60 Å². The highest BCUT2D eigenvalue weighted by Gasteiger charge is 2.25. The van der Waals surface area contributed by atoms with E-state index in [0.29, 0.717) is 16.5 Å². The van der Waals surface area contributed by atoms with Crippen molar-refractivity contribution in [1.82, 2.24) is 5.32 Å². The average Bonchev–Trinajstić information content (AvgIpc) is 2.15. The van der Waals surface area contributed by atoms with Gasteiger partial charge in [0.2, 0.25) is 0 Å². The Bertz CT molecular complexity index is 426. The molecule has 1 aromatic rings. The molecule has 1 saturated heterocycles. The van der Waals surface area contributed by atoms with Crippen LogP contribution in [0.25, 0.3) is 0 Å². The normalized spacial score (nSPS) is 30.3. The van der Waals surface area contributed by atoms with E-state index in [0.717, 1.165) is 5.56 Å². The molecular formula is C11H13ClFNOS. The monoisotopic (exact) mass is 261 g/mol. The summed E-state index contributed by atoms with van der Waals surface area (Å²) in [4.78, 5) is 0. The minimum absolute atomic E-state index is 0.0438. The molecule has 0 spiro atoms. The second-order valence-corrected chi connectivity index (χ2v) is 6.01. The van der Waals surface area contributed by atoms with Gasteiger partial charge in [0.25, 0.3) is 0 Å². The number of rotatable bonds is 1. The van der Waals surface area contributed by atoms with Crippen LogP contribution in [0, 0.1) is 5.82 Å². The van der Waals surface area contributed by atoms with Crippen molar-refractivity contribution < 1.29 is 8.60 Å². The summed E-state index contributed by atoms with van der Waals surface area (Å²) in [7, 11) is -0.829. The van der Waals surface area contributed by atoms with Crippen LogP contribution in [0.2, 0.25) is 5.02 Å². The summed E-state index contributed by atoms with van der Waals surface area (Å²) in [5, 5.41) is 3.72. The first kappa shape index (κ1) is 12.0. The molecule has 88 valence electrons. The second kappa shape index (κ2) is 4.82. The van der Waals surface area contributed by atoms with Crippen molar-refractivity contribution in [3.63, 3.8) is 0 Å². The molecule has 3 atom stereocenters. The Morgan fingerprint density at radius 2 is 2.25 bits per heavy atom. The molecule has 1 N–H and O–H groups in total. The zero-order valence-electron chi connectivity index (χ0n) is 8.87. The predicted octanol–water partition coefficient (Wildman–Crippen LogP) is 2.26. The van der Waals surface area contributed by atoms with Gasteiger partial charge in [-0.25, -0.2) is 4.39 Å². The Balaban J connectivity index is 2.26. The minimum atomic E-state index is -0.829. The van der Waals surface area contributed by atoms with Gasteiger partial charge in [-0.3, -0.25) is 4.21 Å². The first-order chi connectivity index (χ1) is 7.56. The van der Waals surface area contributed by atoms with Gasteiger partial charge in [-0.05, 0) is 24.6 Å². The van der Waals surface area contributed by atoms with Crippen LogP contribution in [0.15, 0.2) is 18.2 Å². The Kier molecular flexibility index (Phi) is 3.62. The second-order valence-electron chi connectivity index (χ2n) is 4.06. The van der Waals surface area contributed by atoms with Crippen molar-refractivity contribution in [2.24, 2.45) is 0 Å². The highest BCUT2D eigenvalue weighted by atomic mass is 35.5. The number of halogens is 2. The van der Waals surface area contributed by atoms with E-state index in [1.165, 1.54) is 12.1 Å². The van der Waals surface area contributed by atoms with Crippen LogP contribution in [0.5, 0.6) is 0 Å². The summed E-state index contributed by atoms with van der Waals surface area (Å²) in [6, 6.07) is 4.48. The van der Waals surface area contributed by atoms with E-state index in [-0.39, 0.29) is 17.9 Å². The molecule has 1 aromatic carbocycles. The van der Waals surface area contributed by atoms with E-state index in [1.807, 2.05) is 6.92 Å². The lowest BCUT2D eigenvalue weighted by Crippen LogP contribution is -2.43. The van der Waals surface area contributed by atoms with Crippen LogP contribution in [0.4, 0.5) is 4.39 Å². The maximum absolute atomic E-state index is 12.9. The largest absolute Gasteiger partial charge is 0.306 e. The fourth-order valence-corrected chi connectivity index (χ4v) is 3.67. The third kappa shape index (κ3) is 2.62. The number of benzene rings is 1. The fourth-order valence-electron chi connectivity index (χ4n) is 1.94. The summed E-state index contributed by atoms with van der Waals surface area (Å²) < 4.78 is 24.5. The molecule has 1 heterocycles. The van der Waals surface area contributed by atoms with Crippen molar-refractivity contribution in [3.8, 4) is 0 Å². The standard InChI is InChI=1S/C11H13ClFNOS/c1-7-5-16(15)6-11(14-7)9-3-2-8(13)4-10(9)12/h2-4,7,11,14H,5-6H2,1H3. The van der Waals surface area contributed by atoms with Crippen molar-refractivity contribution in [2.75, 3.05) is 11.5 Å². The van der Waals surface area contributed by atoms with Gasteiger partial charge in [0.05, 0.1) is 0 Å². The smallest absolute Gasteiger partial charge is 0.124 e. The zero-order valence-corrected chi connectivity index (χ0v) is 10.4. The quantitative estimate of drug-likeness (QED) is 0.840. The van der Waals surface area contributed by atoms with Gasteiger partial charge in [-0.15, -0.1) is 0 Å². The van der Waals surface area contributed by atoms with Crippen LogP contribution in [0.1, 0.15) is 18.5 Å². The van der Waals surface area contributed by atoms with E-state index in [2.05, 4.69) is 5.32 Å². The SMILES string of the molecule is CC1CS(=O)CC(c2ccc(F)cc2Cl)N1. The van der Waals surface area contributed by atoms with Gasteiger partial charge in [-0.1, -0.05) is 17.7 Å². The molecule has 5 heteroatoms. The molecule has 0 amide bonds. The van der Waals surface area contributed by atoms with E-state index >= 15 is 0 Å². The third-order valence-corrected chi connectivity index (χ3v) is 4.52. The van der Waals surface area contributed by atoms with Gasteiger partial charge in [0, 0.05) is 39.4 Å². The summed E-state index contributed by atoms with van der Waals surface area (Å²) >= 11 is 5.98. The average molecular weight is 262 g/mol. The molecule has 0 bridgehead atoms. The molecule has 2 nitrogen and oxygen atoms in total. The molecule has 0 saturated carbocycles. The summed E-state index contributed by atoms with van der Waals surface area (Å²) in [5.41, 5.74) is 0.822. The summed E-state index contributed by atoms with van der Waals surface area (Å²) in [6.45, 7) is 1.99. The molecule has 1 aliphatic rings. The van der Waals surface area contributed by atoms with Crippen molar-refractivity contribution >= 4 is 22.4 Å². The highest BCUT2D eigenvalue weighted by Crippen LogP contribution is 2.26. The molecule has 1 fully saturated rings. The van der Waals surface area contributed by atoms with Crippen LogP contribution in [0.3, 0.4) is 0 Å². The van der Waals surface area contributed by atoms with E-state index in [4.69, 9.17) is 11.6 Å². The fraction of sp³-hybridized carbons (Fsp3) is 0.455. The molecule has 3 unspecified atom stereocenters. The number of hydrogen-bond donors (Lipinski definition) is 1.